The molecule has 1 aliphatic carbocycles. The molecular formula is C10H13FN2. The summed E-state index contributed by atoms with van der Waals surface area (Å²) in [5.41, 5.74) is 14.2. The zero-order chi connectivity index (χ0) is 9.59. The van der Waals surface area contributed by atoms with E-state index in [0.29, 0.717) is 11.3 Å². The van der Waals surface area contributed by atoms with Gasteiger partial charge >= 0.3 is 0 Å². The lowest BCUT2D eigenvalue weighted by molar-refractivity contribution is 0.604. The van der Waals surface area contributed by atoms with Crippen LogP contribution in [0.5, 0.6) is 0 Å². The van der Waals surface area contributed by atoms with E-state index in [-0.39, 0.29) is 11.9 Å². The molecule has 0 bridgehead atoms. The molecular weight excluding hydrogens is 167 g/mol. The van der Waals surface area contributed by atoms with Gasteiger partial charge in [-0.2, -0.15) is 0 Å². The molecule has 2 rings (SSSR count). The maximum atomic E-state index is 13.6. The molecule has 0 heterocycles. The molecule has 0 saturated heterocycles. The molecule has 13 heavy (non-hydrogen) atoms. The summed E-state index contributed by atoms with van der Waals surface area (Å²) in [7, 11) is 0. The summed E-state index contributed by atoms with van der Waals surface area (Å²) < 4.78 is 13.6. The van der Waals surface area contributed by atoms with E-state index in [2.05, 4.69) is 0 Å². The van der Waals surface area contributed by atoms with Gasteiger partial charge in [-0.1, -0.05) is 0 Å². The summed E-state index contributed by atoms with van der Waals surface area (Å²) in [6.07, 6.45) is 1.57. The summed E-state index contributed by atoms with van der Waals surface area (Å²) in [5, 5.41) is 0. The lowest BCUT2D eigenvalue weighted by Crippen LogP contribution is -2.07. The molecule has 0 amide bonds. The van der Waals surface area contributed by atoms with Crippen LogP contribution in [-0.4, -0.2) is 0 Å². The fourth-order valence-electron chi connectivity index (χ4n) is 1.88. The number of fused-ring (bicyclic) bond motifs is 1. The maximum absolute atomic E-state index is 13.6. The highest BCUT2D eigenvalue weighted by Gasteiger charge is 2.24. The van der Waals surface area contributed by atoms with Gasteiger partial charge in [0.2, 0.25) is 0 Å². The van der Waals surface area contributed by atoms with Crippen LogP contribution >= 0.6 is 0 Å². The van der Waals surface area contributed by atoms with E-state index < -0.39 is 0 Å². The second kappa shape index (κ2) is 2.70. The van der Waals surface area contributed by atoms with Gasteiger partial charge in [0.1, 0.15) is 5.82 Å². The Hall–Kier alpha value is -1.09. The highest BCUT2D eigenvalue weighted by molar-refractivity contribution is 5.54. The average Bonchev–Trinajstić information content (AvgIpc) is 2.45. The summed E-state index contributed by atoms with van der Waals surface area (Å²) in [6.45, 7) is 1.70. The monoisotopic (exact) mass is 180 g/mol. The number of benzene rings is 1. The first-order valence-corrected chi connectivity index (χ1v) is 4.44. The van der Waals surface area contributed by atoms with Crippen LogP contribution in [-0.2, 0) is 6.42 Å². The van der Waals surface area contributed by atoms with Crippen LogP contribution in [0.15, 0.2) is 6.07 Å². The van der Waals surface area contributed by atoms with Gasteiger partial charge in [0, 0.05) is 17.3 Å². The number of rotatable bonds is 0. The zero-order valence-electron chi connectivity index (χ0n) is 7.60. The molecule has 0 fully saturated rings. The van der Waals surface area contributed by atoms with Crippen LogP contribution in [0, 0.1) is 12.7 Å². The van der Waals surface area contributed by atoms with E-state index >= 15 is 0 Å². The van der Waals surface area contributed by atoms with E-state index in [4.69, 9.17) is 11.5 Å². The van der Waals surface area contributed by atoms with Gasteiger partial charge in [-0.25, -0.2) is 4.39 Å². The second-order valence-electron chi connectivity index (χ2n) is 3.62. The first-order chi connectivity index (χ1) is 6.11. The van der Waals surface area contributed by atoms with Crippen molar-refractivity contribution in [1.82, 2.24) is 0 Å². The van der Waals surface area contributed by atoms with E-state index in [1.807, 2.05) is 6.07 Å². The molecule has 1 aliphatic rings. The van der Waals surface area contributed by atoms with Crippen LogP contribution in [0.1, 0.15) is 29.2 Å². The molecule has 0 unspecified atom stereocenters. The van der Waals surface area contributed by atoms with Crippen molar-refractivity contribution in [3.8, 4) is 0 Å². The van der Waals surface area contributed by atoms with Gasteiger partial charge in [0.25, 0.3) is 0 Å². The summed E-state index contributed by atoms with van der Waals surface area (Å²) in [5.74, 6) is -0.164. The maximum Gasteiger partial charge on any atom is 0.131 e. The number of hydrogen-bond donors (Lipinski definition) is 2. The van der Waals surface area contributed by atoms with Crippen molar-refractivity contribution in [2.24, 2.45) is 5.73 Å². The quantitative estimate of drug-likeness (QED) is 0.596. The van der Waals surface area contributed by atoms with Crippen LogP contribution < -0.4 is 11.5 Å². The van der Waals surface area contributed by atoms with Crippen LogP contribution in [0.25, 0.3) is 0 Å². The zero-order valence-corrected chi connectivity index (χ0v) is 7.60. The molecule has 0 saturated carbocycles. The predicted octanol–water partition coefficient (Wildman–Crippen LogP) is 1.66. The summed E-state index contributed by atoms with van der Waals surface area (Å²) in [6, 6.07) is 1.78. The van der Waals surface area contributed by atoms with Crippen molar-refractivity contribution >= 4 is 5.69 Å². The Morgan fingerprint density at radius 1 is 1.54 bits per heavy atom. The molecule has 1 aromatic carbocycles. The van der Waals surface area contributed by atoms with Crippen molar-refractivity contribution in [3.05, 3.63) is 28.6 Å². The second-order valence-corrected chi connectivity index (χ2v) is 3.62. The molecule has 0 radical (unpaired) electrons. The minimum absolute atomic E-state index is 0.0348. The minimum atomic E-state index is -0.164. The Kier molecular flexibility index (Phi) is 1.77. The molecule has 70 valence electrons. The average molecular weight is 180 g/mol. The van der Waals surface area contributed by atoms with Crippen molar-refractivity contribution in [1.29, 1.82) is 0 Å². The molecule has 3 heteroatoms. The molecule has 0 spiro atoms. The van der Waals surface area contributed by atoms with Gasteiger partial charge in [-0.05, 0) is 37.0 Å². The van der Waals surface area contributed by atoms with Crippen molar-refractivity contribution in [3.63, 3.8) is 0 Å². The standard InChI is InChI=1S/C10H13FN2/c1-5-9(13)4-7-6(10(5)11)2-3-8(7)12/h4,8H,2-3,12-13H2,1H3/t8-/m1/s1. The van der Waals surface area contributed by atoms with Crippen molar-refractivity contribution in [2.45, 2.75) is 25.8 Å². The highest BCUT2D eigenvalue weighted by Crippen LogP contribution is 2.34. The van der Waals surface area contributed by atoms with Crippen LogP contribution in [0.4, 0.5) is 10.1 Å². The minimum Gasteiger partial charge on any atom is -0.398 e. The Morgan fingerprint density at radius 2 is 2.23 bits per heavy atom. The van der Waals surface area contributed by atoms with E-state index in [0.717, 1.165) is 24.0 Å². The molecule has 0 aliphatic heterocycles. The lowest BCUT2D eigenvalue weighted by atomic mass is 10.0. The fourth-order valence-corrected chi connectivity index (χ4v) is 1.88. The highest BCUT2D eigenvalue weighted by atomic mass is 19.1. The molecule has 1 aromatic rings. The van der Waals surface area contributed by atoms with Gasteiger partial charge in [0.05, 0.1) is 0 Å². The Bertz CT molecular complexity index is 360. The topological polar surface area (TPSA) is 52.0 Å². The van der Waals surface area contributed by atoms with Gasteiger partial charge in [-0.3, -0.25) is 0 Å². The molecule has 0 aromatic heterocycles. The number of halogens is 1. The lowest BCUT2D eigenvalue weighted by Gasteiger charge is -2.09. The third-order valence-electron chi connectivity index (χ3n) is 2.79. The van der Waals surface area contributed by atoms with Crippen LogP contribution in [0.3, 0.4) is 0 Å². The van der Waals surface area contributed by atoms with Gasteiger partial charge in [-0.15, -0.1) is 0 Å². The fraction of sp³-hybridized carbons (Fsp3) is 0.400. The van der Waals surface area contributed by atoms with E-state index in [1.54, 1.807) is 6.92 Å². The Labute approximate surface area is 76.7 Å². The normalized spacial score (nSPS) is 20.4. The number of nitrogens with two attached hydrogens (primary N) is 2. The first-order valence-electron chi connectivity index (χ1n) is 4.44. The number of hydrogen-bond acceptors (Lipinski definition) is 2. The Balaban J connectivity index is 2.67. The van der Waals surface area contributed by atoms with E-state index in [1.165, 1.54) is 0 Å². The molecule has 4 N–H and O–H groups in total. The predicted molar refractivity (Wildman–Crippen MR) is 50.8 cm³/mol. The summed E-state index contributed by atoms with van der Waals surface area (Å²) >= 11 is 0. The van der Waals surface area contributed by atoms with Crippen molar-refractivity contribution < 1.29 is 4.39 Å². The van der Waals surface area contributed by atoms with Gasteiger partial charge in [0.15, 0.2) is 0 Å². The third kappa shape index (κ3) is 1.11. The number of anilines is 1. The molecule has 2 nitrogen and oxygen atoms in total. The SMILES string of the molecule is Cc1c(N)cc2c(c1F)CC[C@H]2N. The number of nitrogen functional groups attached to an aromatic ring is 1. The summed E-state index contributed by atoms with van der Waals surface area (Å²) in [4.78, 5) is 0. The smallest absolute Gasteiger partial charge is 0.131 e. The van der Waals surface area contributed by atoms with E-state index in [9.17, 15) is 4.39 Å². The first kappa shape index (κ1) is 8.51. The van der Waals surface area contributed by atoms with Gasteiger partial charge < -0.3 is 11.5 Å². The largest absolute Gasteiger partial charge is 0.398 e. The Morgan fingerprint density at radius 3 is 2.92 bits per heavy atom. The third-order valence-corrected chi connectivity index (χ3v) is 2.79. The van der Waals surface area contributed by atoms with Crippen molar-refractivity contribution in [2.75, 3.05) is 5.73 Å². The molecule has 1 atom stereocenters. The van der Waals surface area contributed by atoms with Crippen LogP contribution in [0.2, 0.25) is 0 Å².